The first-order chi connectivity index (χ1) is 6.06. The number of nitrogens with two attached hydrogens (primary N) is 1. The van der Waals surface area contributed by atoms with Gasteiger partial charge in [-0.05, 0) is 6.92 Å². The zero-order valence-corrected chi connectivity index (χ0v) is 9.18. The van der Waals surface area contributed by atoms with Crippen molar-refractivity contribution in [3.8, 4) is 5.88 Å². The monoisotopic (exact) mass is 201 g/mol. The van der Waals surface area contributed by atoms with Crippen LogP contribution in [-0.2, 0) is 0 Å². The van der Waals surface area contributed by atoms with Gasteiger partial charge in [0, 0.05) is 20.1 Å². The van der Waals surface area contributed by atoms with E-state index in [2.05, 4.69) is 4.98 Å². The minimum absolute atomic E-state index is 0.0267. The van der Waals surface area contributed by atoms with E-state index < -0.39 is 0 Å². The van der Waals surface area contributed by atoms with Crippen LogP contribution in [0, 0.1) is 0 Å². The molecule has 1 aromatic rings. The van der Waals surface area contributed by atoms with Crippen molar-refractivity contribution in [2.45, 2.75) is 13.0 Å². The van der Waals surface area contributed by atoms with Crippen LogP contribution in [0.5, 0.6) is 5.88 Å². The summed E-state index contributed by atoms with van der Waals surface area (Å²) in [7, 11) is 5.51. The minimum atomic E-state index is -0.0267. The molecule has 0 spiro atoms. The van der Waals surface area contributed by atoms with Crippen molar-refractivity contribution in [1.82, 2.24) is 4.98 Å². The first kappa shape index (κ1) is 10.3. The second-order valence-corrected chi connectivity index (χ2v) is 4.06. The fourth-order valence-corrected chi connectivity index (χ4v) is 1.84. The molecule has 1 aromatic heterocycles. The summed E-state index contributed by atoms with van der Waals surface area (Å²) in [6.07, 6.45) is 0. The Balaban J connectivity index is 3.04. The first-order valence-corrected chi connectivity index (χ1v) is 4.85. The molecular formula is C8H15N3OS. The Kier molecular flexibility index (Phi) is 3.11. The van der Waals surface area contributed by atoms with Crippen LogP contribution in [0.25, 0.3) is 0 Å². The van der Waals surface area contributed by atoms with Crippen LogP contribution < -0.4 is 15.4 Å². The number of methoxy groups -OCH3 is 1. The van der Waals surface area contributed by atoms with Crippen molar-refractivity contribution in [2.75, 3.05) is 26.1 Å². The molecule has 0 radical (unpaired) electrons. The highest BCUT2D eigenvalue weighted by atomic mass is 32.1. The maximum Gasteiger partial charge on any atom is 0.231 e. The van der Waals surface area contributed by atoms with Gasteiger partial charge in [-0.3, -0.25) is 0 Å². The largest absolute Gasteiger partial charge is 0.480 e. The molecular weight excluding hydrogens is 186 g/mol. The second kappa shape index (κ2) is 3.93. The number of anilines is 1. The standard InChI is InChI=1S/C8H15N3OS/c1-5(9)6-7(12-4)10-8(13-6)11(2)3/h5H,9H2,1-4H3. The van der Waals surface area contributed by atoms with Gasteiger partial charge in [-0.25, -0.2) is 0 Å². The first-order valence-electron chi connectivity index (χ1n) is 4.04. The topological polar surface area (TPSA) is 51.4 Å². The van der Waals surface area contributed by atoms with Gasteiger partial charge in [-0.1, -0.05) is 11.3 Å². The summed E-state index contributed by atoms with van der Waals surface area (Å²) in [6.45, 7) is 1.93. The number of rotatable bonds is 3. The van der Waals surface area contributed by atoms with E-state index in [1.54, 1.807) is 18.4 Å². The molecule has 13 heavy (non-hydrogen) atoms. The van der Waals surface area contributed by atoms with Crippen LogP contribution in [0.2, 0.25) is 0 Å². The predicted octanol–water partition coefficient (Wildman–Crippen LogP) is 1.24. The highest BCUT2D eigenvalue weighted by Gasteiger charge is 2.15. The van der Waals surface area contributed by atoms with E-state index in [1.165, 1.54) is 0 Å². The van der Waals surface area contributed by atoms with Crippen molar-refractivity contribution in [2.24, 2.45) is 5.73 Å². The Labute approximate surface area is 82.3 Å². The quantitative estimate of drug-likeness (QED) is 0.799. The van der Waals surface area contributed by atoms with Crippen LogP contribution in [-0.4, -0.2) is 26.2 Å². The van der Waals surface area contributed by atoms with Crippen molar-refractivity contribution in [1.29, 1.82) is 0 Å². The Bertz CT molecular complexity index is 283. The fourth-order valence-electron chi connectivity index (χ4n) is 0.932. The maximum absolute atomic E-state index is 5.78. The molecule has 0 aliphatic carbocycles. The lowest BCUT2D eigenvalue weighted by atomic mass is 10.3. The number of thiazole rings is 1. The number of nitrogens with zero attached hydrogens (tertiary/aromatic N) is 2. The normalized spacial score (nSPS) is 12.7. The Morgan fingerprint density at radius 3 is 2.46 bits per heavy atom. The lowest BCUT2D eigenvalue weighted by Gasteiger charge is -2.05. The second-order valence-electron chi connectivity index (χ2n) is 3.05. The van der Waals surface area contributed by atoms with Gasteiger partial charge in [0.15, 0.2) is 5.13 Å². The van der Waals surface area contributed by atoms with Gasteiger partial charge in [-0.2, -0.15) is 4.98 Å². The molecule has 1 rings (SSSR count). The summed E-state index contributed by atoms with van der Waals surface area (Å²) in [6, 6.07) is -0.0267. The van der Waals surface area contributed by atoms with Gasteiger partial charge >= 0.3 is 0 Å². The highest BCUT2D eigenvalue weighted by Crippen LogP contribution is 2.33. The Morgan fingerprint density at radius 2 is 2.15 bits per heavy atom. The van der Waals surface area contributed by atoms with Crippen molar-refractivity contribution in [3.63, 3.8) is 0 Å². The van der Waals surface area contributed by atoms with E-state index in [4.69, 9.17) is 10.5 Å². The smallest absolute Gasteiger partial charge is 0.231 e. The van der Waals surface area contributed by atoms with Crippen LogP contribution >= 0.6 is 11.3 Å². The van der Waals surface area contributed by atoms with E-state index in [1.807, 2.05) is 25.9 Å². The molecule has 0 saturated heterocycles. The summed E-state index contributed by atoms with van der Waals surface area (Å²) in [4.78, 5) is 7.23. The molecule has 0 saturated carbocycles. The van der Waals surface area contributed by atoms with Crippen LogP contribution in [0.1, 0.15) is 17.8 Å². The zero-order valence-electron chi connectivity index (χ0n) is 8.37. The molecule has 0 aromatic carbocycles. The van der Waals surface area contributed by atoms with E-state index in [-0.39, 0.29) is 6.04 Å². The summed E-state index contributed by atoms with van der Waals surface area (Å²) >= 11 is 1.57. The lowest BCUT2D eigenvalue weighted by molar-refractivity contribution is 0.394. The van der Waals surface area contributed by atoms with E-state index in [0.717, 1.165) is 10.0 Å². The van der Waals surface area contributed by atoms with Gasteiger partial charge < -0.3 is 15.4 Å². The molecule has 0 bridgehead atoms. The lowest BCUT2D eigenvalue weighted by Crippen LogP contribution is -2.07. The SMILES string of the molecule is COc1nc(N(C)C)sc1C(C)N. The third kappa shape index (κ3) is 2.10. The number of aromatic nitrogens is 1. The molecule has 0 amide bonds. The summed E-state index contributed by atoms with van der Waals surface area (Å²) in [5.41, 5.74) is 5.78. The molecule has 1 heterocycles. The van der Waals surface area contributed by atoms with Gasteiger partial charge in [0.1, 0.15) is 0 Å². The van der Waals surface area contributed by atoms with E-state index in [9.17, 15) is 0 Å². The average molecular weight is 201 g/mol. The third-order valence-electron chi connectivity index (χ3n) is 1.60. The molecule has 4 nitrogen and oxygen atoms in total. The molecule has 74 valence electrons. The third-order valence-corrected chi connectivity index (χ3v) is 3.00. The van der Waals surface area contributed by atoms with Crippen LogP contribution in [0.4, 0.5) is 5.13 Å². The van der Waals surface area contributed by atoms with Gasteiger partial charge in [-0.15, -0.1) is 0 Å². The van der Waals surface area contributed by atoms with Crippen molar-refractivity contribution in [3.05, 3.63) is 4.88 Å². The van der Waals surface area contributed by atoms with Gasteiger partial charge in [0.25, 0.3) is 0 Å². The van der Waals surface area contributed by atoms with Gasteiger partial charge in [0.05, 0.1) is 12.0 Å². The predicted molar refractivity (Wildman–Crippen MR) is 55.6 cm³/mol. The van der Waals surface area contributed by atoms with Crippen LogP contribution in [0.15, 0.2) is 0 Å². The number of hydrogen-bond donors (Lipinski definition) is 1. The molecule has 0 aliphatic rings. The Hall–Kier alpha value is -0.810. The summed E-state index contributed by atoms with van der Waals surface area (Å²) in [5.74, 6) is 0.642. The van der Waals surface area contributed by atoms with Crippen molar-refractivity contribution < 1.29 is 4.74 Å². The summed E-state index contributed by atoms with van der Waals surface area (Å²) in [5, 5.41) is 0.921. The molecule has 5 heteroatoms. The van der Waals surface area contributed by atoms with Gasteiger partial charge in [0.2, 0.25) is 5.88 Å². The molecule has 1 unspecified atom stereocenters. The maximum atomic E-state index is 5.78. The van der Waals surface area contributed by atoms with Crippen LogP contribution in [0.3, 0.4) is 0 Å². The van der Waals surface area contributed by atoms with E-state index in [0.29, 0.717) is 5.88 Å². The molecule has 0 fully saturated rings. The summed E-state index contributed by atoms with van der Waals surface area (Å²) < 4.78 is 5.13. The molecule has 1 atom stereocenters. The number of ether oxygens (including phenoxy) is 1. The number of hydrogen-bond acceptors (Lipinski definition) is 5. The fraction of sp³-hybridized carbons (Fsp3) is 0.625. The molecule has 2 N–H and O–H groups in total. The molecule has 0 aliphatic heterocycles. The van der Waals surface area contributed by atoms with E-state index >= 15 is 0 Å². The zero-order chi connectivity index (χ0) is 10.0. The van der Waals surface area contributed by atoms with Crippen molar-refractivity contribution >= 4 is 16.5 Å². The average Bonchev–Trinajstić information content (AvgIpc) is 2.47. The highest BCUT2D eigenvalue weighted by molar-refractivity contribution is 7.16. The Morgan fingerprint density at radius 1 is 1.54 bits per heavy atom. The minimum Gasteiger partial charge on any atom is -0.480 e.